The van der Waals surface area contributed by atoms with E-state index in [0.29, 0.717) is 5.56 Å². The summed E-state index contributed by atoms with van der Waals surface area (Å²) in [5.74, 6) is -0.133. The van der Waals surface area contributed by atoms with E-state index in [-0.39, 0.29) is 5.91 Å². The number of carbonyl (C=O) groups excluding carboxylic acids is 1. The van der Waals surface area contributed by atoms with Gasteiger partial charge in [-0.1, -0.05) is 6.07 Å². The highest BCUT2D eigenvalue weighted by atomic mass is 79.9. The molecular weight excluding hydrogens is 306 g/mol. The van der Waals surface area contributed by atoms with Crippen LogP contribution in [0.5, 0.6) is 0 Å². The Morgan fingerprint density at radius 2 is 2.00 bits per heavy atom. The Morgan fingerprint density at radius 1 is 1.32 bits per heavy atom. The van der Waals surface area contributed by atoms with Crippen molar-refractivity contribution in [3.8, 4) is 0 Å². The molecule has 0 radical (unpaired) electrons. The first kappa shape index (κ1) is 13.8. The Balaban J connectivity index is 2.31. The molecule has 1 N–H and O–H groups in total. The molecule has 1 aromatic heterocycles. The number of benzene rings is 1. The highest BCUT2D eigenvalue weighted by molar-refractivity contribution is 9.10. The van der Waals surface area contributed by atoms with Crippen LogP contribution in [0.25, 0.3) is 0 Å². The number of halogens is 1. The molecule has 0 aliphatic rings. The summed E-state index contributed by atoms with van der Waals surface area (Å²) in [7, 11) is 1.86. The van der Waals surface area contributed by atoms with Crippen LogP contribution in [0.2, 0.25) is 0 Å². The van der Waals surface area contributed by atoms with Gasteiger partial charge >= 0.3 is 0 Å². The van der Waals surface area contributed by atoms with Crippen LogP contribution in [0, 0.1) is 20.8 Å². The van der Waals surface area contributed by atoms with Crippen LogP contribution in [0.3, 0.4) is 0 Å². The predicted octanol–water partition coefficient (Wildman–Crippen LogP) is 3.36. The number of aryl methyl sites for hydroxylation is 3. The smallest absolute Gasteiger partial charge is 0.256 e. The standard InChI is InChI=1S/C14H16BrN3O/c1-8-5-6-11(12(15)7-8)14(19)16-13-9(2)17-18(4)10(13)3/h5-7H,1-4H3,(H,16,19). The number of hydrogen-bond acceptors (Lipinski definition) is 2. The summed E-state index contributed by atoms with van der Waals surface area (Å²) < 4.78 is 2.55. The van der Waals surface area contributed by atoms with Crippen LogP contribution >= 0.6 is 15.9 Å². The van der Waals surface area contributed by atoms with Gasteiger partial charge in [-0.2, -0.15) is 5.10 Å². The molecule has 0 fully saturated rings. The Hall–Kier alpha value is -1.62. The zero-order valence-corrected chi connectivity index (χ0v) is 13.0. The number of amides is 1. The molecule has 0 atom stereocenters. The van der Waals surface area contributed by atoms with Crippen molar-refractivity contribution < 1.29 is 4.79 Å². The quantitative estimate of drug-likeness (QED) is 0.921. The topological polar surface area (TPSA) is 46.9 Å². The average Bonchev–Trinajstić information content (AvgIpc) is 2.56. The fourth-order valence-electron chi connectivity index (χ4n) is 1.94. The van der Waals surface area contributed by atoms with Crippen LogP contribution in [0.15, 0.2) is 22.7 Å². The van der Waals surface area contributed by atoms with E-state index in [1.807, 2.05) is 46.0 Å². The molecule has 4 nitrogen and oxygen atoms in total. The Morgan fingerprint density at radius 3 is 2.53 bits per heavy atom. The lowest BCUT2D eigenvalue weighted by molar-refractivity contribution is 0.102. The van der Waals surface area contributed by atoms with E-state index in [9.17, 15) is 4.79 Å². The molecule has 1 heterocycles. The van der Waals surface area contributed by atoms with E-state index in [4.69, 9.17) is 0 Å². The van der Waals surface area contributed by atoms with Crippen molar-refractivity contribution in [2.75, 3.05) is 5.32 Å². The van der Waals surface area contributed by atoms with Gasteiger partial charge in [-0.3, -0.25) is 9.48 Å². The van der Waals surface area contributed by atoms with E-state index >= 15 is 0 Å². The molecule has 19 heavy (non-hydrogen) atoms. The van der Waals surface area contributed by atoms with E-state index in [1.54, 1.807) is 4.68 Å². The molecule has 0 bridgehead atoms. The summed E-state index contributed by atoms with van der Waals surface area (Å²) in [5.41, 5.74) is 4.26. The monoisotopic (exact) mass is 321 g/mol. The summed E-state index contributed by atoms with van der Waals surface area (Å²) in [6.45, 7) is 5.80. The summed E-state index contributed by atoms with van der Waals surface area (Å²) in [5, 5.41) is 7.21. The zero-order chi connectivity index (χ0) is 14.2. The SMILES string of the molecule is Cc1ccc(C(=O)Nc2c(C)nn(C)c2C)c(Br)c1. The first-order valence-electron chi connectivity index (χ1n) is 5.98. The number of aromatic nitrogens is 2. The number of anilines is 1. The highest BCUT2D eigenvalue weighted by Crippen LogP contribution is 2.23. The minimum absolute atomic E-state index is 0.133. The second kappa shape index (κ2) is 5.17. The third-order valence-corrected chi connectivity index (χ3v) is 3.77. The maximum absolute atomic E-state index is 12.3. The lowest BCUT2D eigenvalue weighted by Crippen LogP contribution is -2.13. The molecule has 0 spiro atoms. The number of nitrogens with zero attached hydrogens (tertiary/aromatic N) is 2. The Labute approximate surface area is 120 Å². The molecule has 0 saturated carbocycles. The maximum Gasteiger partial charge on any atom is 0.256 e. The van der Waals surface area contributed by atoms with Crippen LogP contribution in [0.1, 0.15) is 27.3 Å². The second-order valence-electron chi connectivity index (χ2n) is 4.61. The molecule has 2 aromatic rings. The lowest BCUT2D eigenvalue weighted by Gasteiger charge is -2.08. The third kappa shape index (κ3) is 2.71. The first-order valence-corrected chi connectivity index (χ1v) is 6.77. The van der Waals surface area contributed by atoms with Gasteiger partial charge in [-0.25, -0.2) is 0 Å². The number of nitrogens with one attached hydrogen (secondary N) is 1. The van der Waals surface area contributed by atoms with Gasteiger partial charge in [0.05, 0.1) is 22.6 Å². The minimum Gasteiger partial charge on any atom is -0.319 e. The second-order valence-corrected chi connectivity index (χ2v) is 5.46. The number of carbonyl (C=O) groups is 1. The van der Waals surface area contributed by atoms with E-state index in [2.05, 4.69) is 26.3 Å². The highest BCUT2D eigenvalue weighted by Gasteiger charge is 2.15. The molecule has 0 aliphatic carbocycles. The van der Waals surface area contributed by atoms with E-state index in [0.717, 1.165) is 27.1 Å². The van der Waals surface area contributed by atoms with Gasteiger partial charge in [0, 0.05) is 11.5 Å². The minimum atomic E-state index is -0.133. The first-order chi connectivity index (χ1) is 8.90. The van der Waals surface area contributed by atoms with Crippen LogP contribution in [-0.4, -0.2) is 15.7 Å². The largest absolute Gasteiger partial charge is 0.319 e. The molecular formula is C14H16BrN3O. The summed E-state index contributed by atoms with van der Waals surface area (Å²) >= 11 is 3.42. The average molecular weight is 322 g/mol. The van der Waals surface area contributed by atoms with Crippen molar-refractivity contribution in [3.05, 3.63) is 45.2 Å². The van der Waals surface area contributed by atoms with Gasteiger partial charge in [-0.05, 0) is 54.4 Å². The molecule has 1 aromatic carbocycles. The maximum atomic E-state index is 12.3. The molecule has 2 rings (SSSR count). The third-order valence-electron chi connectivity index (χ3n) is 3.12. The molecule has 5 heteroatoms. The summed E-state index contributed by atoms with van der Waals surface area (Å²) in [6, 6.07) is 5.66. The molecule has 100 valence electrons. The Bertz CT molecular complexity index is 646. The van der Waals surface area contributed by atoms with Crippen LogP contribution in [-0.2, 0) is 7.05 Å². The van der Waals surface area contributed by atoms with Gasteiger partial charge < -0.3 is 5.32 Å². The normalized spacial score (nSPS) is 10.6. The van der Waals surface area contributed by atoms with Crippen LogP contribution < -0.4 is 5.32 Å². The molecule has 0 unspecified atom stereocenters. The number of hydrogen-bond donors (Lipinski definition) is 1. The Kier molecular flexibility index (Phi) is 3.75. The van der Waals surface area contributed by atoms with Crippen molar-refractivity contribution in [1.82, 2.24) is 9.78 Å². The van der Waals surface area contributed by atoms with Crippen molar-refractivity contribution in [1.29, 1.82) is 0 Å². The van der Waals surface area contributed by atoms with Crippen molar-refractivity contribution >= 4 is 27.5 Å². The molecule has 0 aliphatic heterocycles. The van der Waals surface area contributed by atoms with Crippen molar-refractivity contribution in [2.24, 2.45) is 7.05 Å². The molecule has 0 saturated heterocycles. The van der Waals surface area contributed by atoms with Gasteiger partial charge in [0.2, 0.25) is 0 Å². The molecule has 1 amide bonds. The number of rotatable bonds is 2. The van der Waals surface area contributed by atoms with Gasteiger partial charge in [0.1, 0.15) is 0 Å². The lowest BCUT2D eigenvalue weighted by atomic mass is 10.1. The summed E-state index contributed by atoms with van der Waals surface area (Å²) in [6.07, 6.45) is 0. The fourth-order valence-corrected chi connectivity index (χ4v) is 2.61. The summed E-state index contributed by atoms with van der Waals surface area (Å²) in [4.78, 5) is 12.3. The predicted molar refractivity (Wildman–Crippen MR) is 79.5 cm³/mol. The van der Waals surface area contributed by atoms with Gasteiger partial charge in [0.25, 0.3) is 5.91 Å². The van der Waals surface area contributed by atoms with Crippen LogP contribution in [0.4, 0.5) is 5.69 Å². The van der Waals surface area contributed by atoms with Crippen molar-refractivity contribution in [3.63, 3.8) is 0 Å². The fraction of sp³-hybridized carbons (Fsp3) is 0.286. The zero-order valence-electron chi connectivity index (χ0n) is 11.4. The van der Waals surface area contributed by atoms with Crippen molar-refractivity contribution in [2.45, 2.75) is 20.8 Å². The van der Waals surface area contributed by atoms with E-state index < -0.39 is 0 Å². The van der Waals surface area contributed by atoms with Gasteiger partial charge in [-0.15, -0.1) is 0 Å². The van der Waals surface area contributed by atoms with E-state index in [1.165, 1.54) is 0 Å². The van der Waals surface area contributed by atoms with Gasteiger partial charge in [0.15, 0.2) is 0 Å².